The zero-order valence-corrected chi connectivity index (χ0v) is 11.3. The van der Waals surface area contributed by atoms with Gasteiger partial charge in [-0.05, 0) is 42.7 Å². The Balaban J connectivity index is 2.10. The first kappa shape index (κ1) is 13.6. The van der Waals surface area contributed by atoms with E-state index in [-0.39, 0.29) is 0 Å². The van der Waals surface area contributed by atoms with Crippen LogP contribution in [0.3, 0.4) is 0 Å². The molecule has 0 spiro atoms. The lowest BCUT2D eigenvalue weighted by molar-refractivity contribution is 0.169. The molecule has 0 unspecified atom stereocenters. The van der Waals surface area contributed by atoms with Crippen LogP contribution in [0.4, 0.5) is 0 Å². The topological polar surface area (TPSA) is 42.4 Å². The van der Waals surface area contributed by atoms with Gasteiger partial charge in [0.15, 0.2) is 0 Å². The van der Waals surface area contributed by atoms with E-state index in [0.29, 0.717) is 17.9 Å². The van der Waals surface area contributed by atoms with Crippen molar-refractivity contribution in [1.29, 1.82) is 0 Å². The summed E-state index contributed by atoms with van der Waals surface area (Å²) in [6.07, 6.45) is 2.79. The molecule has 1 atom stereocenters. The average molecular weight is 257 g/mol. The van der Waals surface area contributed by atoms with Crippen molar-refractivity contribution < 1.29 is 9.84 Å². The predicted molar refractivity (Wildman–Crippen MR) is 75.4 cm³/mol. The van der Waals surface area contributed by atoms with Gasteiger partial charge in [-0.3, -0.25) is 4.98 Å². The summed E-state index contributed by atoms with van der Waals surface area (Å²) < 4.78 is 5.75. The van der Waals surface area contributed by atoms with Gasteiger partial charge in [-0.1, -0.05) is 26.0 Å². The molecular weight excluding hydrogens is 238 g/mol. The number of aliphatic hydroxyl groups excluding tert-OH is 1. The zero-order chi connectivity index (χ0) is 13.7. The third-order valence-electron chi connectivity index (χ3n) is 3.03. The summed E-state index contributed by atoms with van der Waals surface area (Å²) in [6, 6.07) is 11.6. The van der Waals surface area contributed by atoms with E-state index in [1.165, 1.54) is 5.56 Å². The molecule has 0 amide bonds. The lowest BCUT2D eigenvalue weighted by Gasteiger charge is -2.09. The normalized spacial score (nSPS) is 12.2. The van der Waals surface area contributed by atoms with Crippen molar-refractivity contribution in [3.63, 3.8) is 0 Å². The molecule has 3 nitrogen and oxygen atoms in total. The van der Waals surface area contributed by atoms with Gasteiger partial charge in [-0.15, -0.1) is 0 Å². The summed E-state index contributed by atoms with van der Waals surface area (Å²) in [5.41, 5.74) is 1.92. The van der Waals surface area contributed by atoms with Crippen molar-refractivity contribution in [3.05, 3.63) is 53.9 Å². The number of aryl methyl sites for hydroxylation is 1. The molecule has 2 rings (SSSR count). The van der Waals surface area contributed by atoms with Gasteiger partial charge in [0.25, 0.3) is 0 Å². The number of hydrogen-bond donors (Lipinski definition) is 1. The smallest absolute Gasteiger partial charge is 0.145 e. The third-order valence-corrected chi connectivity index (χ3v) is 3.03. The Morgan fingerprint density at radius 2 is 2.00 bits per heavy atom. The molecule has 0 aliphatic carbocycles. The SMILES string of the molecule is CCc1cccc(Oc2ccc([C@H](O)CC)nc2)c1. The summed E-state index contributed by atoms with van der Waals surface area (Å²) >= 11 is 0. The number of pyridine rings is 1. The highest BCUT2D eigenvalue weighted by Gasteiger charge is 2.06. The number of nitrogens with zero attached hydrogens (tertiary/aromatic N) is 1. The number of hydrogen-bond acceptors (Lipinski definition) is 3. The molecule has 19 heavy (non-hydrogen) atoms. The summed E-state index contributed by atoms with van der Waals surface area (Å²) in [6.45, 7) is 4.04. The second-order valence-corrected chi connectivity index (χ2v) is 4.45. The quantitative estimate of drug-likeness (QED) is 0.883. The second-order valence-electron chi connectivity index (χ2n) is 4.45. The van der Waals surface area contributed by atoms with Gasteiger partial charge < -0.3 is 9.84 Å². The third kappa shape index (κ3) is 3.55. The van der Waals surface area contributed by atoms with Crippen molar-refractivity contribution >= 4 is 0 Å². The van der Waals surface area contributed by atoms with Crippen LogP contribution in [0.25, 0.3) is 0 Å². The van der Waals surface area contributed by atoms with Gasteiger partial charge in [0.05, 0.1) is 18.0 Å². The molecule has 1 aromatic heterocycles. The minimum atomic E-state index is -0.502. The van der Waals surface area contributed by atoms with Crippen molar-refractivity contribution in [1.82, 2.24) is 4.98 Å². The van der Waals surface area contributed by atoms with Crippen molar-refractivity contribution in [3.8, 4) is 11.5 Å². The van der Waals surface area contributed by atoms with E-state index in [2.05, 4.69) is 18.0 Å². The Labute approximate surface area is 113 Å². The molecule has 0 saturated carbocycles. The van der Waals surface area contributed by atoms with Gasteiger partial charge in [-0.2, -0.15) is 0 Å². The van der Waals surface area contributed by atoms with Crippen LogP contribution in [-0.2, 0) is 6.42 Å². The molecule has 1 N–H and O–H groups in total. The molecule has 0 saturated heterocycles. The summed E-state index contributed by atoms with van der Waals surface area (Å²) in [7, 11) is 0. The van der Waals surface area contributed by atoms with E-state index < -0.39 is 6.10 Å². The van der Waals surface area contributed by atoms with Gasteiger partial charge in [-0.25, -0.2) is 0 Å². The number of aliphatic hydroxyl groups is 1. The van der Waals surface area contributed by atoms with Crippen LogP contribution in [0.1, 0.15) is 37.6 Å². The maximum absolute atomic E-state index is 9.67. The number of rotatable bonds is 5. The first-order chi connectivity index (χ1) is 9.22. The first-order valence-electron chi connectivity index (χ1n) is 6.63. The highest BCUT2D eigenvalue weighted by molar-refractivity contribution is 5.33. The second kappa shape index (κ2) is 6.34. The Morgan fingerprint density at radius 1 is 1.16 bits per heavy atom. The minimum Gasteiger partial charge on any atom is -0.456 e. The van der Waals surface area contributed by atoms with Crippen LogP contribution in [0.15, 0.2) is 42.6 Å². The lowest BCUT2D eigenvalue weighted by atomic mass is 10.1. The Kier molecular flexibility index (Phi) is 4.53. The summed E-state index contributed by atoms with van der Waals surface area (Å²) in [4.78, 5) is 4.21. The highest BCUT2D eigenvalue weighted by Crippen LogP contribution is 2.23. The molecule has 3 heteroatoms. The molecular formula is C16H19NO2. The lowest BCUT2D eigenvalue weighted by Crippen LogP contribution is -1.98. The number of aromatic nitrogens is 1. The largest absolute Gasteiger partial charge is 0.456 e. The number of benzene rings is 1. The van der Waals surface area contributed by atoms with Crippen LogP contribution in [-0.4, -0.2) is 10.1 Å². The molecule has 0 bridgehead atoms. The van der Waals surface area contributed by atoms with Crippen molar-refractivity contribution in [2.24, 2.45) is 0 Å². The van der Waals surface area contributed by atoms with Crippen LogP contribution in [0.5, 0.6) is 11.5 Å². The fraction of sp³-hybridized carbons (Fsp3) is 0.312. The molecule has 0 aliphatic heterocycles. The molecule has 0 fully saturated rings. The average Bonchev–Trinajstić information content (AvgIpc) is 2.47. The van der Waals surface area contributed by atoms with Gasteiger partial charge in [0, 0.05) is 0 Å². The van der Waals surface area contributed by atoms with Crippen LogP contribution >= 0.6 is 0 Å². The predicted octanol–water partition coefficient (Wildman–Crippen LogP) is 3.88. The fourth-order valence-corrected chi connectivity index (χ4v) is 1.82. The van der Waals surface area contributed by atoms with Gasteiger partial charge in [0.1, 0.15) is 11.5 Å². The number of ether oxygens (including phenoxy) is 1. The minimum absolute atomic E-state index is 0.502. The van der Waals surface area contributed by atoms with E-state index >= 15 is 0 Å². The monoisotopic (exact) mass is 257 g/mol. The van der Waals surface area contributed by atoms with Crippen LogP contribution in [0, 0.1) is 0 Å². The van der Waals surface area contributed by atoms with E-state index in [0.717, 1.165) is 12.2 Å². The molecule has 2 aromatic rings. The van der Waals surface area contributed by atoms with E-state index in [4.69, 9.17) is 4.74 Å². The maximum atomic E-state index is 9.67. The maximum Gasteiger partial charge on any atom is 0.145 e. The molecule has 0 aliphatic rings. The van der Waals surface area contributed by atoms with E-state index in [1.54, 1.807) is 12.3 Å². The van der Waals surface area contributed by atoms with Crippen molar-refractivity contribution in [2.45, 2.75) is 32.8 Å². The van der Waals surface area contributed by atoms with E-state index in [1.807, 2.05) is 31.2 Å². The molecule has 0 radical (unpaired) electrons. The van der Waals surface area contributed by atoms with Gasteiger partial charge in [0.2, 0.25) is 0 Å². The highest BCUT2D eigenvalue weighted by atomic mass is 16.5. The Bertz CT molecular complexity index is 523. The molecule has 1 heterocycles. The standard InChI is InChI=1S/C16H19NO2/c1-3-12-6-5-7-13(10-12)19-14-8-9-15(17-11-14)16(18)4-2/h5-11,16,18H,3-4H2,1-2H3/t16-/m1/s1. The summed E-state index contributed by atoms with van der Waals surface area (Å²) in [5.74, 6) is 1.49. The fourth-order valence-electron chi connectivity index (χ4n) is 1.82. The van der Waals surface area contributed by atoms with Gasteiger partial charge >= 0.3 is 0 Å². The van der Waals surface area contributed by atoms with Crippen LogP contribution < -0.4 is 4.74 Å². The molecule has 1 aromatic carbocycles. The van der Waals surface area contributed by atoms with Crippen LogP contribution in [0.2, 0.25) is 0 Å². The Morgan fingerprint density at radius 3 is 2.63 bits per heavy atom. The summed E-state index contributed by atoms with van der Waals surface area (Å²) in [5, 5.41) is 9.67. The Hall–Kier alpha value is -1.87. The zero-order valence-electron chi connectivity index (χ0n) is 11.3. The van der Waals surface area contributed by atoms with Crippen molar-refractivity contribution in [2.75, 3.05) is 0 Å². The van der Waals surface area contributed by atoms with E-state index in [9.17, 15) is 5.11 Å². The molecule has 100 valence electrons. The first-order valence-corrected chi connectivity index (χ1v) is 6.63.